The number of pyridine rings is 1. The van der Waals surface area contributed by atoms with Gasteiger partial charge in [-0.2, -0.15) is 0 Å². The normalized spacial score (nSPS) is 16.2. The van der Waals surface area contributed by atoms with Crippen molar-refractivity contribution in [3.8, 4) is 0 Å². The first-order valence-corrected chi connectivity index (χ1v) is 5.41. The van der Waals surface area contributed by atoms with E-state index in [1.807, 2.05) is 0 Å². The smallest absolute Gasteiger partial charge is 0.255 e. The third-order valence-corrected chi connectivity index (χ3v) is 2.58. The molecule has 0 atom stereocenters. The lowest BCUT2D eigenvalue weighted by molar-refractivity contribution is -0.121. The molecule has 0 bridgehead atoms. The van der Waals surface area contributed by atoms with Gasteiger partial charge in [0.2, 0.25) is 11.5 Å². The van der Waals surface area contributed by atoms with Gasteiger partial charge in [-0.1, -0.05) is 0 Å². The summed E-state index contributed by atoms with van der Waals surface area (Å²) in [6.45, 7) is 1.20. The van der Waals surface area contributed by atoms with Gasteiger partial charge in [-0.3, -0.25) is 14.4 Å². The Morgan fingerprint density at radius 2 is 2.12 bits per heavy atom. The molecule has 0 aliphatic carbocycles. The van der Waals surface area contributed by atoms with Crippen LogP contribution in [0.15, 0.2) is 23.1 Å². The lowest BCUT2D eigenvalue weighted by Gasteiger charge is -2.18. The number of hydrogen-bond donors (Lipinski definition) is 2. The minimum atomic E-state index is -0.254. The Balaban J connectivity index is 2.15. The van der Waals surface area contributed by atoms with Gasteiger partial charge in [0.25, 0.3) is 5.91 Å². The Morgan fingerprint density at radius 1 is 1.29 bits per heavy atom. The molecular formula is C11H13N3O3. The van der Waals surface area contributed by atoms with E-state index < -0.39 is 0 Å². The number of rotatable bonds is 1. The van der Waals surface area contributed by atoms with Crippen molar-refractivity contribution in [2.75, 3.05) is 19.6 Å². The van der Waals surface area contributed by atoms with E-state index in [-0.39, 0.29) is 23.9 Å². The predicted octanol–water partition coefficient (Wildman–Crippen LogP) is -0.663. The van der Waals surface area contributed by atoms with E-state index in [4.69, 9.17) is 0 Å². The van der Waals surface area contributed by atoms with Gasteiger partial charge in [0.1, 0.15) is 0 Å². The van der Waals surface area contributed by atoms with Crippen molar-refractivity contribution in [1.29, 1.82) is 0 Å². The third-order valence-electron chi connectivity index (χ3n) is 2.58. The highest BCUT2D eigenvalue weighted by Crippen LogP contribution is 2.04. The Bertz CT molecular complexity index is 474. The molecule has 17 heavy (non-hydrogen) atoms. The number of carbonyl (C=O) groups is 2. The van der Waals surface area contributed by atoms with Gasteiger partial charge in [0.15, 0.2) is 0 Å². The lowest BCUT2D eigenvalue weighted by Crippen LogP contribution is -2.37. The summed E-state index contributed by atoms with van der Waals surface area (Å²) in [4.78, 5) is 38.2. The van der Waals surface area contributed by atoms with Crippen molar-refractivity contribution < 1.29 is 9.59 Å². The maximum Gasteiger partial charge on any atom is 0.255 e. The Morgan fingerprint density at radius 3 is 2.82 bits per heavy atom. The van der Waals surface area contributed by atoms with E-state index in [0.717, 1.165) is 6.42 Å². The highest BCUT2D eigenvalue weighted by Gasteiger charge is 2.20. The van der Waals surface area contributed by atoms with Crippen LogP contribution in [0.4, 0.5) is 0 Å². The van der Waals surface area contributed by atoms with Crippen molar-refractivity contribution in [3.05, 3.63) is 34.2 Å². The van der Waals surface area contributed by atoms with Gasteiger partial charge in [-0.05, 0) is 12.5 Å². The summed E-state index contributed by atoms with van der Waals surface area (Å²) in [6, 6.07) is 2.76. The van der Waals surface area contributed by atoms with Gasteiger partial charge in [0.05, 0.1) is 12.1 Å². The SMILES string of the molecule is O=C1CN(C(=O)c2ccc(=O)[nH]c2)CCCN1. The van der Waals surface area contributed by atoms with Crippen molar-refractivity contribution in [2.45, 2.75) is 6.42 Å². The Hall–Kier alpha value is -2.11. The first-order chi connectivity index (χ1) is 8.16. The highest BCUT2D eigenvalue weighted by atomic mass is 16.2. The van der Waals surface area contributed by atoms with E-state index in [0.29, 0.717) is 18.7 Å². The van der Waals surface area contributed by atoms with Gasteiger partial charge < -0.3 is 15.2 Å². The van der Waals surface area contributed by atoms with Crippen LogP contribution in [0.1, 0.15) is 16.8 Å². The average Bonchev–Trinajstić information content (AvgIpc) is 2.54. The second-order valence-corrected chi connectivity index (χ2v) is 3.87. The number of H-pyrrole nitrogens is 1. The van der Waals surface area contributed by atoms with Gasteiger partial charge >= 0.3 is 0 Å². The monoisotopic (exact) mass is 235 g/mol. The molecule has 2 rings (SSSR count). The molecule has 0 aromatic carbocycles. The van der Waals surface area contributed by atoms with Crippen LogP contribution in [0.25, 0.3) is 0 Å². The molecule has 6 nitrogen and oxygen atoms in total. The van der Waals surface area contributed by atoms with E-state index in [2.05, 4.69) is 10.3 Å². The molecule has 2 N–H and O–H groups in total. The minimum absolute atomic E-state index is 0.0674. The predicted molar refractivity (Wildman–Crippen MR) is 60.6 cm³/mol. The summed E-state index contributed by atoms with van der Waals surface area (Å²) in [5.41, 5.74) is 0.134. The number of aromatic amines is 1. The summed E-state index contributed by atoms with van der Waals surface area (Å²) in [7, 11) is 0. The number of nitrogens with zero attached hydrogens (tertiary/aromatic N) is 1. The molecule has 0 radical (unpaired) electrons. The van der Waals surface area contributed by atoms with Gasteiger partial charge in [-0.15, -0.1) is 0 Å². The molecule has 2 heterocycles. The van der Waals surface area contributed by atoms with Crippen LogP contribution in [-0.2, 0) is 4.79 Å². The number of hydrogen-bond acceptors (Lipinski definition) is 3. The second-order valence-electron chi connectivity index (χ2n) is 3.87. The zero-order chi connectivity index (χ0) is 12.3. The van der Waals surface area contributed by atoms with Gasteiger partial charge in [-0.25, -0.2) is 0 Å². The summed E-state index contributed by atoms with van der Waals surface area (Å²) < 4.78 is 0. The quantitative estimate of drug-likeness (QED) is 0.677. The lowest BCUT2D eigenvalue weighted by atomic mass is 10.2. The molecule has 1 fully saturated rings. The summed E-state index contributed by atoms with van der Waals surface area (Å²) in [6.07, 6.45) is 2.11. The third kappa shape index (κ3) is 2.72. The first kappa shape index (κ1) is 11.4. The number of carbonyl (C=O) groups excluding carboxylic acids is 2. The van der Waals surface area contributed by atoms with Crippen molar-refractivity contribution in [1.82, 2.24) is 15.2 Å². The molecule has 0 unspecified atom stereocenters. The summed E-state index contributed by atoms with van der Waals surface area (Å²) in [5.74, 6) is -0.390. The maximum absolute atomic E-state index is 12.0. The van der Waals surface area contributed by atoms with Crippen LogP contribution < -0.4 is 10.9 Å². The molecule has 0 saturated carbocycles. The Labute approximate surface area is 97.6 Å². The molecule has 6 heteroatoms. The minimum Gasteiger partial charge on any atom is -0.354 e. The van der Waals surface area contributed by atoms with E-state index in [1.165, 1.54) is 23.2 Å². The van der Waals surface area contributed by atoms with E-state index in [1.54, 1.807) is 0 Å². The van der Waals surface area contributed by atoms with Crippen molar-refractivity contribution in [2.24, 2.45) is 0 Å². The van der Waals surface area contributed by atoms with Crippen molar-refractivity contribution in [3.63, 3.8) is 0 Å². The Kier molecular flexibility index (Phi) is 3.22. The molecule has 1 saturated heterocycles. The van der Waals surface area contributed by atoms with Crippen LogP contribution in [0, 0.1) is 0 Å². The van der Waals surface area contributed by atoms with Crippen LogP contribution >= 0.6 is 0 Å². The summed E-state index contributed by atoms with van der Waals surface area (Å²) in [5, 5.41) is 2.70. The first-order valence-electron chi connectivity index (χ1n) is 5.41. The molecule has 1 aliphatic rings. The van der Waals surface area contributed by atoms with Crippen LogP contribution in [0.5, 0.6) is 0 Å². The van der Waals surface area contributed by atoms with E-state index in [9.17, 15) is 14.4 Å². The van der Waals surface area contributed by atoms with Crippen LogP contribution in [-0.4, -0.2) is 41.3 Å². The highest BCUT2D eigenvalue weighted by molar-refractivity contribution is 5.96. The maximum atomic E-state index is 12.0. The fourth-order valence-electron chi connectivity index (χ4n) is 1.71. The molecular weight excluding hydrogens is 222 g/mol. The molecule has 90 valence electrons. The van der Waals surface area contributed by atoms with Crippen molar-refractivity contribution >= 4 is 11.8 Å². The van der Waals surface area contributed by atoms with Crippen LogP contribution in [0.2, 0.25) is 0 Å². The standard InChI is InChI=1S/C11H13N3O3/c15-9-3-2-8(6-13-9)11(17)14-5-1-4-12-10(16)7-14/h2-3,6H,1,4-5,7H2,(H,12,16)(H,13,15). The molecule has 2 amide bonds. The zero-order valence-corrected chi connectivity index (χ0v) is 9.23. The fraction of sp³-hybridized carbons (Fsp3) is 0.364. The zero-order valence-electron chi connectivity index (χ0n) is 9.23. The second kappa shape index (κ2) is 4.82. The van der Waals surface area contributed by atoms with E-state index >= 15 is 0 Å². The fourth-order valence-corrected chi connectivity index (χ4v) is 1.71. The number of amides is 2. The number of aromatic nitrogens is 1. The molecule has 1 aromatic rings. The average molecular weight is 235 g/mol. The van der Waals surface area contributed by atoms with Crippen LogP contribution in [0.3, 0.4) is 0 Å². The number of nitrogens with one attached hydrogen (secondary N) is 2. The molecule has 1 aromatic heterocycles. The molecule has 0 spiro atoms. The topological polar surface area (TPSA) is 82.3 Å². The van der Waals surface area contributed by atoms with Gasteiger partial charge in [0, 0.05) is 25.4 Å². The largest absolute Gasteiger partial charge is 0.354 e. The molecule has 1 aliphatic heterocycles. The summed E-state index contributed by atoms with van der Waals surface area (Å²) >= 11 is 0.